The van der Waals surface area contributed by atoms with Gasteiger partial charge >= 0.3 is 0 Å². The Hall–Kier alpha value is -1.96. The van der Waals surface area contributed by atoms with Crippen molar-refractivity contribution in [3.8, 4) is 0 Å². The first-order valence-electron chi connectivity index (χ1n) is 5.84. The van der Waals surface area contributed by atoms with Gasteiger partial charge in [0, 0.05) is 13.5 Å². The molecule has 0 N–H and O–H groups in total. The molecule has 0 amide bonds. The molecule has 7 nitrogen and oxygen atoms in total. The Kier molecular flexibility index (Phi) is 3.16. The number of hydrogen-bond acceptors (Lipinski definition) is 7. The summed E-state index contributed by atoms with van der Waals surface area (Å²) in [5, 5.41) is 13.9. The van der Waals surface area contributed by atoms with E-state index in [1.807, 2.05) is 14.0 Å². The van der Waals surface area contributed by atoms with Gasteiger partial charge in [-0.2, -0.15) is 5.10 Å². The molecule has 0 bridgehead atoms. The molecule has 0 aliphatic rings. The standard InChI is InChI=1S/C11H12N6OS/c1-3-8-15-16-9(18-8)5-19-11-7-4-14-17(2)10(7)12-6-13-11/h4,6H,3,5H2,1-2H3. The first-order chi connectivity index (χ1) is 9.28. The van der Waals surface area contributed by atoms with Crippen LogP contribution in [0.15, 0.2) is 22.0 Å². The molecule has 3 aromatic rings. The summed E-state index contributed by atoms with van der Waals surface area (Å²) in [4.78, 5) is 8.47. The summed E-state index contributed by atoms with van der Waals surface area (Å²) in [6, 6.07) is 0. The van der Waals surface area contributed by atoms with Crippen molar-refractivity contribution in [1.82, 2.24) is 29.9 Å². The average Bonchev–Trinajstić information content (AvgIpc) is 3.04. The summed E-state index contributed by atoms with van der Waals surface area (Å²) < 4.78 is 7.19. The van der Waals surface area contributed by atoms with Crippen molar-refractivity contribution in [2.45, 2.75) is 24.1 Å². The minimum absolute atomic E-state index is 0.591. The van der Waals surface area contributed by atoms with Crippen molar-refractivity contribution < 1.29 is 4.42 Å². The van der Waals surface area contributed by atoms with Crippen LogP contribution in [-0.4, -0.2) is 29.9 Å². The molecule has 0 fully saturated rings. The molecule has 0 aliphatic heterocycles. The molecular weight excluding hydrogens is 264 g/mol. The Labute approximate surface area is 113 Å². The Morgan fingerprint density at radius 2 is 2.11 bits per heavy atom. The molecule has 0 spiro atoms. The third kappa shape index (κ3) is 2.30. The molecular formula is C11H12N6OS. The van der Waals surface area contributed by atoms with Gasteiger partial charge in [-0.25, -0.2) is 9.97 Å². The van der Waals surface area contributed by atoms with Crippen LogP contribution in [0.3, 0.4) is 0 Å². The summed E-state index contributed by atoms with van der Waals surface area (Å²) >= 11 is 1.54. The molecule has 3 rings (SSSR count). The van der Waals surface area contributed by atoms with Crippen molar-refractivity contribution in [3.05, 3.63) is 24.3 Å². The van der Waals surface area contributed by atoms with Gasteiger partial charge < -0.3 is 4.42 Å². The molecule has 0 aliphatic carbocycles. The zero-order chi connectivity index (χ0) is 13.2. The number of aromatic nitrogens is 6. The lowest BCUT2D eigenvalue weighted by Crippen LogP contribution is -1.93. The van der Waals surface area contributed by atoms with Crippen molar-refractivity contribution in [1.29, 1.82) is 0 Å². The van der Waals surface area contributed by atoms with Gasteiger partial charge in [-0.3, -0.25) is 4.68 Å². The number of fused-ring (bicyclic) bond motifs is 1. The largest absolute Gasteiger partial charge is 0.424 e. The normalized spacial score (nSPS) is 11.3. The molecule has 8 heteroatoms. The molecule has 0 aromatic carbocycles. The van der Waals surface area contributed by atoms with Gasteiger partial charge in [-0.15, -0.1) is 10.2 Å². The molecule has 98 valence electrons. The third-order valence-electron chi connectivity index (χ3n) is 2.64. The third-order valence-corrected chi connectivity index (χ3v) is 3.63. The van der Waals surface area contributed by atoms with Crippen molar-refractivity contribution >= 4 is 22.8 Å². The Bertz CT molecular complexity index is 706. The van der Waals surface area contributed by atoms with E-state index in [0.717, 1.165) is 22.5 Å². The maximum Gasteiger partial charge on any atom is 0.226 e. The summed E-state index contributed by atoms with van der Waals surface area (Å²) in [6.07, 6.45) is 4.05. The summed E-state index contributed by atoms with van der Waals surface area (Å²) in [7, 11) is 1.86. The van der Waals surface area contributed by atoms with E-state index in [2.05, 4.69) is 25.3 Å². The van der Waals surface area contributed by atoms with E-state index in [0.29, 0.717) is 17.5 Å². The minimum atomic E-state index is 0.591. The lowest BCUT2D eigenvalue weighted by Gasteiger charge is -1.99. The monoisotopic (exact) mass is 276 g/mol. The lowest BCUT2D eigenvalue weighted by molar-refractivity contribution is 0.470. The van der Waals surface area contributed by atoms with Gasteiger partial charge in [0.05, 0.1) is 17.3 Å². The fourth-order valence-corrected chi connectivity index (χ4v) is 2.47. The lowest BCUT2D eigenvalue weighted by atomic mass is 10.4. The van der Waals surface area contributed by atoms with E-state index in [9.17, 15) is 0 Å². The average molecular weight is 276 g/mol. The van der Waals surface area contributed by atoms with E-state index in [1.165, 1.54) is 18.1 Å². The molecule has 3 heterocycles. The fourth-order valence-electron chi connectivity index (χ4n) is 1.68. The molecule has 0 saturated heterocycles. The van der Waals surface area contributed by atoms with Gasteiger partial charge in [-0.1, -0.05) is 18.7 Å². The first kappa shape index (κ1) is 12.1. The van der Waals surface area contributed by atoms with E-state index >= 15 is 0 Å². The van der Waals surface area contributed by atoms with Crippen LogP contribution in [0.1, 0.15) is 18.7 Å². The topological polar surface area (TPSA) is 82.5 Å². The predicted molar refractivity (Wildman–Crippen MR) is 69.5 cm³/mol. The van der Waals surface area contributed by atoms with Crippen LogP contribution >= 0.6 is 11.8 Å². The molecule has 0 saturated carbocycles. The summed E-state index contributed by atoms with van der Waals surface area (Å²) in [6.45, 7) is 1.98. The smallest absolute Gasteiger partial charge is 0.226 e. The van der Waals surface area contributed by atoms with Crippen LogP contribution in [0, 0.1) is 0 Å². The second-order valence-electron chi connectivity index (χ2n) is 3.92. The summed E-state index contributed by atoms with van der Waals surface area (Å²) in [5.74, 6) is 1.86. The van der Waals surface area contributed by atoms with Gasteiger partial charge in [0.1, 0.15) is 11.4 Å². The quantitative estimate of drug-likeness (QED) is 0.528. The van der Waals surface area contributed by atoms with E-state index in [-0.39, 0.29) is 0 Å². The molecule has 3 aromatic heterocycles. The van der Waals surface area contributed by atoms with Crippen LogP contribution < -0.4 is 0 Å². The van der Waals surface area contributed by atoms with Gasteiger partial charge in [0.25, 0.3) is 0 Å². The summed E-state index contributed by atoms with van der Waals surface area (Å²) in [5.41, 5.74) is 0.817. The van der Waals surface area contributed by atoms with Crippen molar-refractivity contribution in [2.75, 3.05) is 0 Å². The molecule has 0 radical (unpaired) electrons. The van der Waals surface area contributed by atoms with E-state index < -0.39 is 0 Å². The SMILES string of the molecule is CCc1nnc(CSc2ncnc3c2cnn3C)o1. The van der Waals surface area contributed by atoms with Crippen LogP contribution in [0.4, 0.5) is 0 Å². The van der Waals surface area contributed by atoms with E-state index in [1.54, 1.807) is 10.9 Å². The number of rotatable bonds is 4. The van der Waals surface area contributed by atoms with Gasteiger partial charge in [0.15, 0.2) is 5.65 Å². The number of nitrogens with zero attached hydrogens (tertiary/aromatic N) is 6. The highest BCUT2D eigenvalue weighted by Crippen LogP contribution is 2.26. The Balaban J connectivity index is 1.81. The highest BCUT2D eigenvalue weighted by molar-refractivity contribution is 7.98. The van der Waals surface area contributed by atoms with Gasteiger partial charge in [-0.05, 0) is 0 Å². The maximum absolute atomic E-state index is 5.46. The molecule has 0 atom stereocenters. The Morgan fingerprint density at radius 3 is 2.89 bits per heavy atom. The van der Waals surface area contributed by atoms with Crippen LogP contribution in [-0.2, 0) is 19.2 Å². The molecule has 0 unspecified atom stereocenters. The van der Waals surface area contributed by atoms with Gasteiger partial charge in [0.2, 0.25) is 11.8 Å². The zero-order valence-corrected chi connectivity index (χ0v) is 11.4. The highest BCUT2D eigenvalue weighted by Gasteiger charge is 2.10. The Morgan fingerprint density at radius 1 is 1.26 bits per heavy atom. The number of hydrogen-bond donors (Lipinski definition) is 0. The van der Waals surface area contributed by atoms with Crippen LogP contribution in [0.25, 0.3) is 11.0 Å². The second-order valence-corrected chi connectivity index (χ2v) is 4.88. The minimum Gasteiger partial charge on any atom is -0.424 e. The number of thioether (sulfide) groups is 1. The van der Waals surface area contributed by atoms with Crippen LogP contribution in [0.5, 0.6) is 0 Å². The predicted octanol–water partition coefficient (Wildman–Crippen LogP) is 1.60. The molecule has 19 heavy (non-hydrogen) atoms. The first-order valence-corrected chi connectivity index (χ1v) is 6.83. The highest BCUT2D eigenvalue weighted by atomic mass is 32.2. The van der Waals surface area contributed by atoms with E-state index in [4.69, 9.17) is 4.42 Å². The van der Waals surface area contributed by atoms with Crippen LogP contribution in [0.2, 0.25) is 0 Å². The zero-order valence-electron chi connectivity index (χ0n) is 10.6. The number of aryl methyl sites for hydroxylation is 2. The fraction of sp³-hybridized carbons (Fsp3) is 0.364. The maximum atomic E-state index is 5.46. The second kappa shape index (κ2) is 4.96. The van der Waals surface area contributed by atoms with Crippen molar-refractivity contribution in [3.63, 3.8) is 0 Å². The van der Waals surface area contributed by atoms with Crippen molar-refractivity contribution in [2.24, 2.45) is 7.05 Å².